The molecule has 17 nitrogen and oxygen atoms in total. The molecule has 3 fully saturated rings. The molecule has 0 saturated carbocycles. The second-order valence-electron chi connectivity index (χ2n) is 16.4. The average Bonchev–Trinajstić information content (AvgIpc) is 3.73. The van der Waals surface area contributed by atoms with Crippen LogP contribution in [0.2, 0.25) is 0 Å². The molecule has 2 aromatic carbocycles. The van der Waals surface area contributed by atoms with Gasteiger partial charge in [-0.25, -0.2) is 19.7 Å². The molecule has 0 aliphatic carbocycles. The van der Waals surface area contributed by atoms with E-state index in [4.69, 9.17) is 4.52 Å². The van der Waals surface area contributed by atoms with Crippen molar-refractivity contribution >= 4 is 52.5 Å². The maximum atomic E-state index is 13.4. The van der Waals surface area contributed by atoms with Crippen molar-refractivity contribution in [1.29, 1.82) is 0 Å². The predicted molar refractivity (Wildman–Crippen MR) is 225 cm³/mol. The van der Waals surface area contributed by atoms with Gasteiger partial charge in [0.1, 0.15) is 18.0 Å². The number of nitrogens with one attached hydrogen (secondary N) is 3. The number of carbonyl (C=O) groups excluding carboxylic acids is 4. The average molecular weight is 813 g/mol. The zero-order valence-corrected chi connectivity index (χ0v) is 34.3. The molecule has 0 radical (unpaired) electrons. The van der Waals surface area contributed by atoms with Gasteiger partial charge in [-0.3, -0.25) is 24.6 Å². The summed E-state index contributed by atoms with van der Waals surface area (Å²) in [5.74, 6) is 1.09. The SMILES string of the molecule is Cc1cc(-c2cc(Nc3ccc(N4CCN(C(=O)C5CN(c6ccc(N7CCC(=O)NC7=O)cc6)C5)CC4)cn3)ncn2)ccc1[C@@H](C)NC(=O)c1nc(C(C)(C)C)no1. The van der Waals surface area contributed by atoms with E-state index in [-0.39, 0.29) is 41.5 Å². The lowest BCUT2D eigenvalue weighted by molar-refractivity contribution is -0.136. The summed E-state index contributed by atoms with van der Waals surface area (Å²) in [6, 6.07) is 18.7. The summed E-state index contributed by atoms with van der Waals surface area (Å²) in [7, 11) is 0. The van der Waals surface area contributed by atoms with E-state index in [2.05, 4.69) is 50.8 Å². The van der Waals surface area contributed by atoms with Crippen LogP contribution in [0.5, 0.6) is 0 Å². The van der Waals surface area contributed by atoms with Crippen LogP contribution >= 0.6 is 0 Å². The minimum Gasteiger partial charge on any atom is -0.370 e. The van der Waals surface area contributed by atoms with E-state index in [1.807, 2.05) is 106 Å². The number of hydrogen-bond acceptors (Lipinski definition) is 13. The molecule has 8 rings (SSSR count). The largest absolute Gasteiger partial charge is 0.370 e. The number of rotatable bonds is 10. The molecule has 3 N–H and O–H groups in total. The normalized spacial score (nSPS) is 16.6. The number of aryl methyl sites for hydroxylation is 1. The van der Waals surface area contributed by atoms with Crippen LogP contribution in [0.15, 0.2) is 77.7 Å². The van der Waals surface area contributed by atoms with Crippen LogP contribution < -0.4 is 30.7 Å². The van der Waals surface area contributed by atoms with Crippen molar-refractivity contribution in [3.8, 4) is 11.3 Å². The fourth-order valence-electron chi connectivity index (χ4n) is 7.58. The van der Waals surface area contributed by atoms with Crippen molar-refractivity contribution in [2.24, 2.45) is 5.92 Å². The fourth-order valence-corrected chi connectivity index (χ4v) is 7.58. The van der Waals surface area contributed by atoms with E-state index in [9.17, 15) is 19.2 Å². The molecule has 310 valence electrons. The van der Waals surface area contributed by atoms with Crippen LogP contribution in [0.4, 0.5) is 33.5 Å². The van der Waals surface area contributed by atoms with Crippen LogP contribution in [0.1, 0.15) is 67.8 Å². The van der Waals surface area contributed by atoms with Gasteiger partial charge < -0.3 is 29.9 Å². The third-order valence-corrected chi connectivity index (χ3v) is 11.1. The van der Waals surface area contributed by atoms with Crippen molar-refractivity contribution in [1.82, 2.24) is 40.6 Å². The number of aromatic nitrogens is 5. The molecule has 3 saturated heterocycles. The molecule has 5 amide bonds. The molecule has 0 unspecified atom stereocenters. The van der Waals surface area contributed by atoms with Crippen LogP contribution in [0.3, 0.4) is 0 Å². The molecule has 0 bridgehead atoms. The van der Waals surface area contributed by atoms with Crippen molar-refractivity contribution < 1.29 is 23.7 Å². The predicted octanol–water partition coefficient (Wildman–Crippen LogP) is 4.99. The minimum atomic E-state index is -0.427. The molecule has 6 heterocycles. The van der Waals surface area contributed by atoms with Gasteiger partial charge in [0, 0.05) is 80.7 Å². The lowest BCUT2D eigenvalue weighted by Crippen LogP contribution is -2.58. The first-order valence-corrected chi connectivity index (χ1v) is 20.1. The molecule has 17 heteroatoms. The second-order valence-corrected chi connectivity index (χ2v) is 16.4. The summed E-state index contributed by atoms with van der Waals surface area (Å²) < 4.78 is 5.21. The Labute approximate surface area is 347 Å². The Kier molecular flexibility index (Phi) is 10.9. The van der Waals surface area contributed by atoms with E-state index in [0.717, 1.165) is 39.4 Å². The Balaban J connectivity index is 0.801. The first-order chi connectivity index (χ1) is 28.8. The van der Waals surface area contributed by atoms with Crippen LogP contribution in [0.25, 0.3) is 11.3 Å². The summed E-state index contributed by atoms with van der Waals surface area (Å²) in [5, 5.41) is 12.5. The van der Waals surface area contributed by atoms with Crippen LogP contribution in [-0.2, 0) is 15.0 Å². The maximum Gasteiger partial charge on any atom is 0.328 e. The van der Waals surface area contributed by atoms with Gasteiger partial charge in [-0.1, -0.05) is 38.1 Å². The molecular formula is C43H48N12O5. The molecule has 3 aliphatic heterocycles. The van der Waals surface area contributed by atoms with Gasteiger partial charge in [-0.15, -0.1) is 0 Å². The zero-order valence-electron chi connectivity index (χ0n) is 34.3. The highest BCUT2D eigenvalue weighted by atomic mass is 16.5. The maximum absolute atomic E-state index is 13.4. The lowest BCUT2D eigenvalue weighted by Gasteiger charge is -2.44. The van der Waals surface area contributed by atoms with E-state index in [1.54, 1.807) is 4.90 Å². The van der Waals surface area contributed by atoms with Gasteiger partial charge in [-0.05, 0) is 67.4 Å². The third kappa shape index (κ3) is 8.60. The first kappa shape index (κ1) is 39.9. The summed E-state index contributed by atoms with van der Waals surface area (Å²) >= 11 is 0. The summed E-state index contributed by atoms with van der Waals surface area (Å²) in [6.45, 7) is 14.1. The number of urea groups is 1. The quantitative estimate of drug-likeness (QED) is 0.171. The Morgan fingerprint density at radius 2 is 1.58 bits per heavy atom. The van der Waals surface area contributed by atoms with E-state index >= 15 is 0 Å². The number of nitrogens with zero attached hydrogens (tertiary/aromatic N) is 9. The number of pyridine rings is 1. The van der Waals surface area contributed by atoms with Crippen LogP contribution in [0, 0.1) is 12.8 Å². The molecule has 3 aliphatic rings. The van der Waals surface area contributed by atoms with Gasteiger partial charge >= 0.3 is 17.8 Å². The van der Waals surface area contributed by atoms with Crippen LogP contribution in [-0.4, -0.2) is 99.6 Å². The molecular weight excluding hydrogens is 765 g/mol. The van der Waals surface area contributed by atoms with Crippen molar-refractivity contribution in [3.63, 3.8) is 0 Å². The van der Waals surface area contributed by atoms with E-state index in [0.29, 0.717) is 63.3 Å². The highest BCUT2D eigenvalue weighted by Gasteiger charge is 2.37. The molecule has 1 atom stereocenters. The monoisotopic (exact) mass is 812 g/mol. The number of hydrogen-bond donors (Lipinski definition) is 3. The molecule has 5 aromatic rings. The fraction of sp³-hybridized carbons (Fsp3) is 0.372. The Bertz CT molecular complexity index is 2400. The Morgan fingerprint density at radius 3 is 2.25 bits per heavy atom. The highest BCUT2D eigenvalue weighted by molar-refractivity contribution is 6.05. The smallest absolute Gasteiger partial charge is 0.328 e. The Hall–Kier alpha value is -6.91. The topological polar surface area (TPSA) is 195 Å². The first-order valence-electron chi connectivity index (χ1n) is 20.1. The van der Waals surface area contributed by atoms with Gasteiger partial charge in [-0.2, -0.15) is 4.98 Å². The minimum absolute atomic E-state index is 0.0531. The molecule has 60 heavy (non-hydrogen) atoms. The third-order valence-electron chi connectivity index (χ3n) is 11.1. The summed E-state index contributed by atoms with van der Waals surface area (Å²) in [4.78, 5) is 75.6. The highest BCUT2D eigenvalue weighted by Crippen LogP contribution is 2.30. The number of carbonyl (C=O) groups is 4. The Morgan fingerprint density at radius 1 is 0.850 bits per heavy atom. The number of piperazine rings is 1. The molecule has 3 aromatic heterocycles. The number of anilines is 5. The zero-order chi connectivity index (χ0) is 42.1. The van der Waals surface area contributed by atoms with Crippen molar-refractivity contribution in [2.75, 3.05) is 65.8 Å². The van der Waals surface area contributed by atoms with Gasteiger partial charge in [0.15, 0.2) is 5.82 Å². The lowest BCUT2D eigenvalue weighted by atomic mass is 9.96. The number of benzene rings is 2. The van der Waals surface area contributed by atoms with Crippen molar-refractivity contribution in [2.45, 2.75) is 52.5 Å². The van der Waals surface area contributed by atoms with Gasteiger partial charge in [0.2, 0.25) is 11.8 Å². The number of imide groups is 1. The summed E-state index contributed by atoms with van der Waals surface area (Å²) in [6.07, 6.45) is 3.62. The van der Waals surface area contributed by atoms with Crippen molar-refractivity contribution in [3.05, 3.63) is 96.0 Å². The second kappa shape index (κ2) is 16.4. The molecule has 0 spiro atoms. The standard InChI is InChI=1S/C43H48N12O5/c1-26-20-28(6-12-33(26)27(2)47-38(57)39-50-41(51-60-39)43(3,4)5)34-21-36(46-25-45-34)48-35-13-11-32(22-44-35)52-16-18-53(19-17-52)40(58)29-23-54(24-29)30-7-9-31(10-8-30)55-15-14-37(56)49-42(55)59/h6-13,20-22,25,27,29H,14-19,23-24H2,1-5H3,(H,47,57)(H,49,56,59)(H,44,45,46,48)/t27-/m1/s1. The van der Waals surface area contributed by atoms with Gasteiger partial charge in [0.25, 0.3) is 0 Å². The van der Waals surface area contributed by atoms with E-state index in [1.165, 1.54) is 6.33 Å². The number of amides is 5. The van der Waals surface area contributed by atoms with E-state index < -0.39 is 11.9 Å². The van der Waals surface area contributed by atoms with Gasteiger partial charge in [0.05, 0.1) is 29.5 Å². The summed E-state index contributed by atoms with van der Waals surface area (Å²) in [5.41, 5.74) is 5.96.